The third-order valence-electron chi connectivity index (χ3n) is 4.21. The monoisotopic (exact) mass is 434 g/mol. The molecule has 0 saturated carbocycles. The van der Waals surface area contributed by atoms with Crippen LogP contribution < -0.4 is 24.3 Å². The molecule has 0 spiro atoms. The Labute approximate surface area is 178 Å². The number of nitro groups is 1. The summed E-state index contributed by atoms with van der Waals surface area (Å²) in [4.78, 5) is 35.4. The molecule has 0 unspecified atom stereocenters. The van der Waals surface area contributed by atoms with Crippen molar-refractivity contribution in [3.63, 3.8) is 0 Å². The minimum absolute atomic E-state index is 0.0670. The van der Waals surface area contributed by atoms with Gasteiger partial charge in [-0.05, 0) is 25.1 Å². The largest absolute Gasteiger partial charge is 0.495 e. The highest BCUT2D eigenvalue weighted by atomic mass is 16.6. The SMILES string of the molecule is COc1ccc([N+](=O)[O-])cc1NC(=O)[C@@H](C)OC(=O)c1cc(OC)c(OC)c(OC)c1. The maximum absolute atomic E-state index is 12.5. The number of hydrogen-bond donors (Lipinski definition) is 1. The van der Waals surface area contributed by atoms with E-state index < -0.39 is 22.9 Å². The minimum atomic E-state index is -1.23. The van der Waals surface area contributed by atoms with Crippen molar-refractivity contribution in [2.24, 2.45) is 0 Å². The fraction of sp³-hybridized carbons (Fsp3) is 0.300. The number of non-ortho nitro benzene ring substituents is 1. The Balaban J connectivity index is 2.19. The standard InChI is InChI=1S/C20H22N2O9/c1-11(19(23)21-14-10-13(22(25)26)6-7-15(14)27-2)31-20(24)12-8-16(28-3)18(30-5)17(9-12)29-4/h6-11H,1-5H3,(H,21,23)/t11-/m1/s1. The molecule has 11 heteroatoms. The molecule has 1 amide bonds. The van der Waals surface area contributed by atoms with Gasteiger partial charge in [0, 0.05) is 12.1 Å². The Hall–Kier alpha value is -4.02. The van der Waals surface area contributed by atoms with Gasteiger partial charge < -0.3 is 29.0 Å². The lowest BCUT2D eigenvalue weighted by Gasteiger charge is -2.17. The molecule has 0 fully saturated rings. The predicted octanol–water partition coefficient (Wildman–Crippen LogP) is 2.81. The highest BCUT2D eigenvalue weighted by molar-refractivity contribution is 5.98. The van der Waals surface area contributed by atoms with Gasteiger partial charge in [0.2, 0.25) is 5.75 Å². The predicted molar refractivity (Wildman–Crippen MR) is 109 cm³/mol. The zero-order chi connectivity index (χ0) is 23.1. The molecule has 0 aliphatic carbocycles. The van der Waals surface area contributed by atoms with Gasteiger partial charge >= 0.3 is 5.97 Å². The number of nitro benzene ring substituents is 1. The third kappa shape index (κ3) is 5.32. The number of anilines is 1. The smallest absolute Gasteiger partial charge is 0.339 e. The summed E-state index contributed by atoms with van der Waals surface area (Å²) in [6.45, 7) is 1.36. The van der Waals surface area contributed by atoms with Gasteiger partial charge in [0.1, 0.15) is 5.75 Å². The molecule has 0 aromatic heterocycles. The first kappa shape index (κ1) is 23.3. The summed E-state index contributed by atoms with van der Waals surface area (Å²) in [5, 5.41) is 13.4. The van der Waals surface area contributed by atoms with E-state index in [9.17, 15) is 19.7 Å². The lowest BCUT2D eigenvalue weighted by molar-refractivity contribution is -0.384. The summed E-state index contributed by atoms with van der Waals surface area (Å²) in [7, 11) is 5.57. The number of nitrogens with zero attached hydrogens (tertiary/aromatic N) is 1. The van der Waals surface area contributed by atoms with E-state index in [1.807, 2.05) is 0 Å². The van der Waals surface area contributed by atoms with Crippen molar-refractivity contribution in [3.8, 4) is 23.0 Å². The summed E-state index contributed by atoms with van der Waals surface area (Å²) < 4.78 is 25.9. The van der Waals surface area contributed by atoms with Crippen molar-refractivity contribution < 1.29 is 38.2 Å². The first-order chi connectivity index (χ1) is 14.7. The number of rotatable bonds is 9. The fourth-order valence-electron chi connectivity index (χ4n) is 2.62. The van der Waals surface area contributed by atoms with E-state index >= 15 is 0 Å². The van der Waals surface area contributed by atoms with E-state index in [0.717, 1.165) is 6.07 Å². The number of amides is 1. The van der Waals surface area contributed by atoms with E-state index in [-0.39, 0.29) is 34.2 Å². The quantitative estimate of drug-likeness (QED) is 0.359. The lowest BCUT2D eigenvalue weighted by atomic mass is 10.2. The number of carbonyl (C=O) groups excluding carboxylic acids is 2. The van der Waals surface area contributed by atoms with Crippen LogP contribution >= 0.6 is 0 Å². The Morgan fingerprint density at radius 2 is 1.52 bits per heavy atom. The van der Waals surface area contributed by atoms with Gasteiger partial charge in [-0.15, -0.1) is 0 Å². The summed E-state index contributed by atoms with van der Waals surface area (Å²) >= 11 is 0. The van der Waals surface area contributed by atoms with Crippen LogP contribution in [-0.2, 0) is 9.53 Å². The maximum Gasteiger partial charge on any atom is 0.339 e. The molecule has 0 heterocycles. The van der Waals surface area contributed by atoms with Crippen LogP contribution in [0.4, 0.5) is 11.4 Å². The molecule has 166 valence electrons. The second kappa shape index (κ2) is 10.1. The van der Waals surface area contributed by atoms with Gasteiger partial charge in [0.15, 0.2) is 17.6 Å². The molecule has 11 nitrogen and oxygen atoms in total. The maximum atomic E-state index is 12.5. The number of hydrogen-bond acceptors (Lipinski definition) is 9. The van der Waals surface area contributed by atoms with Gasteiger partial charge in [0.05, 0.1) is 44.6 Å². The molecular weight excluding hydrogens is 412 g/mol. The molecule has 0 aliphatic rings. The van der Waals surface area contributed by atoms with Crippen molar-refractivity contribution in [2.75, 3.05) is 33.8 Å². The average Bonchev–Trinajstić information content (AvgIpc) is 2.77. The summed E-state index contributed by atoms with van der Waals surface area (Å²) in [5.74, 6) is -0.529. The number of carbonyl (C=O) groups is 2. The van der Waals surface area contributed by atoms with Crippen LogP contribution in [0.25, 0.3) is 0 Å². The summed E-state index contributed by atoms with van der Waals surface area (Å²) in [6.07, 6.45) is -1.23. The molecule has 2 aromatic rings. The van der Waals surface area contributed by atoms with Gasteiger partial charge in [-0.25, -0.2) is 4.79 Å². The van der Waals surface area contributed by atoms with E-state index in [2.05, 4.69) is 5.32 Å². The van der Waals surface area contributed by atoms with E-state index in [1.165, 1.54) is 59.6 Å². The van der Waals surface area contributed by atoms with Crippen LogP contribution in [0, 0.1) is 10.1 Å². The highest BCUT2D eigenvalue weighted by Gasteiger charge is 2.24. The van der Waals surface area contributed by atoms with Crippen LogP contribution in [0.3, 0.4) is 0 Å². The third-order valence-corrected chi connectivity index (χ3v) is 4.21. The lowest BCUT2D eigenvalue weighted by Crippen LogP contribution is -2.30. The normalized spacial score (nSPS) is 11.1. The second-order valence-electron chi connectivity index (χ2n) is 6.09. The van der Waals surface area contributed by atoms with Crippen molar-refractivity contribution >= 4 is 23.3 Å². The molecular formula is C20H22N2O9. The second-order valence-corrected chi connectivity index (χ2v) is 6.09. The summed E-state index contributed by atoms with van der Waals surface area (Å²) in [5.41, 5.74) is -0.0994. The molecule has 2 rings (SSSR count). The van der Waals surface area contributed by atoms with E-state index in [1.54, 1.807) is 0 Å². The fourth-order valence-corrected chi connectivity index (χ4v) is 2.62. The zero-order valence-electron chi connectivity index (χ0n) is 17.6. The minimum Gasteiger partial charge on any atom is -0.495 e. The van der Waals surface area contributed by atoms with Gasteiger partial charge in [0.25, 0.3) is 11.6 Å². The van der Waals surface area contributed by atoms with Gasteiger partial charge in [-0.3, -0.25) is 14.9 Å². The van der Waals surface area contributed by atoms with Crippen molar-refractivity contribution in [2.45, 2.75) is 13.0 Å². The zero-order valence-corrected chi connectivity index (χ0v) is 17.6. The van der Waals surface area contributed by atoms with Crippen molar-refractivity contribution in [1.82, 2.24) is 0 Å². The molecule has 1 atom stereocenters. The number of benzene rings is 2. The van der Waals surface area contributed by atoms with Gasteiger partial charge in [-0.2, -0.15) is 0 Å². The molecule has 0 saturated heterocycles. The summed E-state index contributed by atoms with van der Waals surface area (Å²) in [6, 6.07) is 6.50. The van der Waals surface area contributed by atoms with Crippen LogP contribution in [0.2, 0.25) is 0 Å². The Kier molecular flexibility index (Phi) is 7.61. The molecule has 0 bridgehead atoms. The number of ether oxygens (including phenoxy) is 5. The molecule has 2 aromatic carbocycles. The average molecular weight is 434 g/mol. The molecule has 0 aliphatic heterocycles. The van der Waals surface area contributed by atoms with Crippen LogP contribution in [-0.4, -0.2) is 51.3 Å². The number of methoxy groups -OCH3 is 4. The van der Waals surface area contributed by atoms with E-state index in [4.69, 9.17) is 23.7 Å². The Morgan fingerprint density at radius 3 is 2.00 bits per heavy atom. The Bertz CT molecular complexity index is 966. The van der Waals surface area contributed by atoms with Crippen molar-refractivity contribution in [3.05, 3.63) is 46.0 Å². The molecule has 31 heavy (non-hydrogen) atoms. The van der Waals surface area contributed by atoms with Gasteiger partial charge in [-0.1, -0.05) is 0 Å². The molecule has 0 radical (unpaired) electrons. The van der Waals surface area contributed by atoms with E-state index in [0.29, 0.717) is 5.75 Å². The van der Waals surface area contributed by atoms with Crippen LogP contribution in [0.5, 0.6) is 23.0 Å². The number of nitrogens with one attached hydrogen (secondary N) is 1. The molecule has 1 N–H and O–H groups in total. The highest BCUT2D eigenvalue weighted by Crippen LogP contribution is 2.38. The van der Waals surface area contributed by atoms with Crippen LogP contribution in [0.15, 0.2) is 30.3 Å². The first-order valence-corrected chi connectivity index (χ1v) is 8.90. The van der Waals surface area contributed by atoms with Crippen molar-refractivity contribution in [1.29, 1.82) is 0 Å². The number of esters is 1. The topological polar surface area (TPSA) is 135 Å². The first-order valence-electron chi connectivity index (χ1n) is 8.90. The van der Waals surface area contributed by atoms with Crippen LogP contribution in [0.1, 0.15) is 17.3 Å². The Morgan fingerprint density at radius 1 is 0.935 bits per heavy atom.